The molecule has 2 atom stereocenters. The van der Waals surface area contributed by atoms with Crippen LogP contribution in [0.25, 0.3) is 0 Å². The molecular weight excluding hydrogens is 257 g/mol. The molecule has 0 amide bonds. The quantitative estimate of drug-likeness (QED) is 0.849. The molecule has 0 saturated heterocycles. The van der Waals surface area contributed by atoms with Gasteiger partial charge >= 0.3 is 0 Å². The molecule has 2 unspecified atom stereocenters. The predicted molar refractivity (Wildman–Crippen MR) is 76.0 cm³/mol. The molecule has 0 aliphatic heterocycles. The lowest BCUT2D eigenvalue weighted by atomic mass is 10.0. The molecule has 3 nitrogen and oxygen atoms in total. The average molecular weight is 275 g/mol. The van der Waals surface area contributed by atoms with E-state index in [1.165, 1.54) is 12.1 Å². The third-order valence-electron chi connectivity index (χ3n) is 3.05. The van der Waals surface area contributed by atoms with Crippen LogP contribution in [0.5, 0.6) is 5.75 Å². The maximum Gasteiger partial charge on any atom is 0.165 e. The molecule has 2 aromatic carbocycles. The van der Waals surface area contributed by atoms with Gasteiger partial charge in [0.15, 0.2) is 11.6 Å². The second kappa shape index (κ2) is 7.03. The van der Waals surface area contributed by atoms with Gasteiger partial charge in [-0.25, -0.2) is 4.39 Å². The summed E-state index contributed by atoms with van der Waals surface area (Å²) in [6, 6.07) is 15.3. The van der Waals surface area contributed by atoms with Gasteiger partial charge in [0.1, 0.15) is 12.7 Å². The van der Waals surface area contributed by atoms with Gasteiger partial charge in [0, 0.05) is 6.04 Å². The fourth-order valence-electron chi connectivity index (χ4n) is 1.88. The number of ether oxygens (including phenoxy) is 1. The van der Waals surface area contributed by atoms with Crippen LogP contribution in [0, 0.1) is 5.82 Å². The van der Waals surface area contributed by atoms with Gasteiger partial charge in [0.05, 0.1) is 0 Å². The maximum atomic E-state index is 13.4. The number of para-hydroxylation sites is 1. The van der Waals surface area contributed by atoms with Crippen LogP contribution in [0.1, 0.15) is 5.56 Å². The summed E-state index contributed by atoms with van der Waals surface area (Å²) in [6.07, 6.45) is -0.308. The molecule has 0 aromatic heterocycles. The number of aliphatic hydroxyl groups is 1. The van der Waals surface area contributed by atoms with Crippen LogP contribution in [-0.2, 0) is 6.42 Å². The van der Waals surface area contributed by atoms with Crippen LogP contribution >= 0.6 is 0 Å². The van der Waals surface area contributed by atoms with Crippen molar-refractivity contribution in [1.29, 1.82) is 0 Å². The summed E-state index contributed by atoms with van der Waals surface area (Å²) in [7, 11) is 0. The van der Waals surface area contributed by atoms with E-state index in [2.05, 4.69) is 0 Å². The molecule has 0 radical (unpaired) electrons. The van der Waals surface area contributed by atoms with Crippen LogP contribution < -0.4 is 10.5 Å². The summed E-state index contributed by atoms with van der Waals surface area (Å²) in [4.78, 5) is 0. The molecule has 0 saturated carbocycles. The van der Waals surface area contributed by atoms with E-state index in [0.717, 1.165) is 5.56 Å². The Balaban J connectivity index is 1.85. The third-order valence-corrected chi connectivity index (χ3v) is 3.05. The lowest BCUT2D eigenvalue weighted by molar-refractivity contribution is 0.0833. The van der Waals surface area contributed by atoms with Gasteiger partial charge < -0.3 is 15.6 Å². The second-order valence-corrected chi connectivity index (χ2v) is 4.66. The zero-order chi connectivity index (χ0) is 14.4. The molecule has 0 aliphatic rings. The van der Waals surface area contributed by atoms with Crippen molar-refractivity contribution in [3.8, 4) is 5.75 Å². The summed E-state index contributed by atoms with van der Waals surface area (Å²) in [5.74, 6) is -0.324. The monoisotopic (exact) mass is 275 g/mol. The summed E-state index contributed by atoms with van der Waals surface area (Å²) < 4.78 is 18.6. The highest BCUT2D eigenvalue weighted by atomic mass is 19.1. The zero-order valence-electron chi connectivity index (χ0n) is 11.1. The fourth-order valence-corrected chi connectivity index (χ4v) is 1.88. The van der Waals surface area contributed by atoms with Crippen molar-refractivity contribution in [2.75, 3.05) is 6.61 Å². The number of halogens is 1. The Bertz CT molecular complexity index is 533. The Kier molecular flexibility index (Phi) is 5.09. The lowest BCUT2D eigenvalue weighted by Gasteiger charge is -2.19. The van der Waals surface area contributed by atoms with Crippen molar-refractivity contribution >= 4 is 0 Å². The normalized spacial score (nSPS) is 13.8. The molecule has 3 N–H and O–H groups in total. The molecule has 2 aromatic rings. The van der Waals surface area contributed by atoms with Crippen molar-refractivity contribution in [2.45, 2.75) is 18.6 Å². The fraction of sp³-hybridized carbons (Fsp3) is 0.250. The zero-order valence-corrected chi connectivity index (χ0v) is 11.1. The SMILES string of the molecule is NC(Cc1ccccc1)C(O)COc1ccccc1F. The van der Waals surface area contributed by atoms with Gasteiger partial charge in [-0.05, 0) is 24.1 Å². The summed E-state index contributed by atoms with van der Waals surface area (Å²) in [5.41, 5.74) is 6.97. The first-order valence-corrected chi connectivity index (χ1v) is 6.51. The van der Waals surface area contributed by atoms with Crippen LogP contribution in [0.2, 0.25) is 0 Å². The number of hydrogen-bond acceptors (Lipinski definition) is 3. The minimum absolute atomic E-state index is 0.0328. The predicted octanol–water partition coefficient (Wildman–Crippen LogP) is 2.14. The van der Waals surface area contributed by atoms with E-state index >= 15 is 0 Å². The van der Waals surface area contributed by atoms with Crippen molar-refractivity contribution in [3.63, 3.8) is 0 Å². The molecule has 0 spiro atoms. The molecule has 0 bridgehead atoms. The number of aliphatic hydroxyl groups excluding tert-OH is 1. The topological polar surface area (TPSA) is 55.5 Å². The van der Waals surface area contributed by atoms with E-state index in [0.29, 0.717) is 6.42 Å². The molecule has 0 fully saturated rings. The lowest BCUT2D eigenvalue weighted by Crippen LogP contribution is -2.40. The maximum absolute atomic E-state index is 13.4. The number of benzene rings is 2. The Morgan fingerprint density at radius 2 is 1.70 bits per heavy atom. The average Bonchev–Trinajstić information content (AvgIpc) is 2.47. The van der Waals surface area contributed by atoms with Crippen LogP contribution in [0.4, 0.5) is 4.39 Å². The Morgan fingerprint density at radius 3 is 2.40 bits per heavy atom. The van der Waals surface area contributed by atoms with Gasteiger partial charge in [-0.15, -0.1) is 0 Å². The smallest absolute Gasteiger partial charge is 0.165 e. The van der Waals surface area contributed by atoms with Crippen molar-refractivity contribution in [2.24, 2.45) is 5.73 Å². The first kappa shape index (κ1) is 14.5. The Labute approximate surface area is 117 Å². The molecule has 2 rings (SSSR count). The standard InChI is InChI=1S/C16H18FNO2/c17-13-8-4-5-9-16(13)20-11-15(19)14(18)10-12-6-2-1-3-7-12/h1-9,14-15,19H,10-11,18H2. The molecular formula is C16H18FNO2. The minimum Gasteiger partial charge on any atom is -0.488 e. The van der Waals surface area contributed by atoms with Crippen molar-refractivity contribution < 1.29 is 14.2 Å². The first-order valence-electron chi connectivity index (χ1n) is 6.51. The Morgan fingerprint density at radius 1 is 1.05 bits per heavy atom. The van der Waals surface area contributed by atoms with E-state index < -0.39 is 18.0 Å². The minimum atomic E-state index is -0.852. The Hall–Kier alpha value is -1.91. The first-order chi connectivity index (χ1) is 9.66. The molecule has 0 heterocycles. The summed E-state index contributed by atoms with van der Waals surface area (Å²) in [5, 5.41) is 9.96. The van der Waals surface area contributed by atoms with E-state index in [4.69, 9.17) is 10.5 Å². The van der Waals surface area contributed by atoms with Gasteiger partial charge in [-0.1, -0.05) is 42.5 Å². The summed E-state index contributed by atoms with van der Waals surface area (Å²) in [6.45, 7) is -0.0328. The van der Waals surface area contributed by atoms with E-state index in [1.54, 1.807) is 12.1 Å². The molecule has 0 aliphatic carbocycles. The number of nitrogens with two attached hydrogens (primary N) is 1. The van der Waals surface area contributed by atoms with Crippen LogP contribution in [-0.4, -0.2) is 23.9 Å². The largest absolute Gasteiger partial charge is 0.488 e. The van der Waals surface area contributed by atoms with E-state index in [1.807, 2.05) is 30.3 Å². The van der Waals surface area contributed by atoms with Crippen molar-refractivity contribution in [1.82, 2.24) is 0 Å². The second-order valence-electron chi connectivity index (χ2n) is 4.66. The molecule has 20 heavy (non-hydrogen) atoms. The number of hydrogen-bond donors (Lipinski definition) is 2. The highest BCUT2D eigenvalue weighted by molar-refractivity contribution is 5.23. The van der Waals surface area contributed by atoms with Crippen LogP contribution in [0.15, 0.2) is 54.6 Å². The van der Waals surface area contributed by atoms with Gasteiger partial charge in [0.2, 0.25) is 0 Å². The summed E-state index contributed by atoms with van der Waals surface area (Å²) >= 11 is 0. The van der Waals surface area contributed by atoms with Gasteiger partial charge in [-0.3, -0.25) is 0 Å². The van der Waals surface area contributed by atoms with E-state index in [-0.39, 0.29) is 12.4 Å². The van der Waals surface area contributed by atoms with Crippen LogP contribution in [0.3, 0.4) is 0 Å². The highest BCUT2D eigenvalue weighted by Gasteiger charge is 2.16. The van der Waals surface area contributed by atoms with Gasteiger partial charge in [-0.2, -0.15) is 0 Å². The highest BCUT2D eigenvalue weighted by Crippen LogP contribution is 2.16. The number of rotatable bonds is 6. The van der Waals surface area contributed by atoms with Crippen molar-refractivity contribution in [3.05, 3.63) is 66.0 Å². The van der Waals surface area contributed by atoms with E-state index in [9.17, 15) is 9.50 Å². The third kappa shape index (κ3) is 4.05. The molecule has 4 heteroatoms. The van der Waals surface area contributed by atoms with Gasteiger partial charge in [0.25, 0.3) is 0 Å². The molecule has 106 valence electrons.